The third kappa shape index (κ3) is 3.12. The van der Waals surface area contributed by atoms with Crippen LogP contribution in [0.3, 0.4) is 0 Å². The summed E-state index contributed by atoms with van der Waals surface area (Å²) in [5, 5.41) is 10.2. The number of aromatic nitrogens is 2. The van der Waals surface area contributed by atoms with Crippen molar-refractivity contribution in [3.8, 4) is 0 Å². The van der Waals surface area contributed by atoms with E-state index < -0.39 is 0 Å². The summed E-state index contributed by atoms with van der Waals surface area (Å²) in [6, 6.07) is 1.27. The van der Waals surface area contributed by atoms with Crippen molar-refractivity contribution < 1.29 is 9.32 Å². The summed E-state index contributed by atoms with van der Waals surface area (Å²) in [5.41, 5.74) is 0. The van der Waals surface area contributed by atoms with Crippen LogP contribution in [-0.2, 0) is 11.3 Å². The Morgan fingerprint density at radius 1 is 1.42 bits per heavy atom. The number of rotatable bonds is 4. The molecular formula is C13H20N4O2. The van der Waals surface area contributed by atoms with E-state index in [0.29, 0.717) is 42.7 Å². The van der Waals surface area contributed by atoms with Crippen LogP contribution in [0.1, 0.15) is 43.8 Å². The van der Waals surface area contributed by atoms with E-state index in [0.717, 1.165) is 12.8 Å². The molecule has 0 spiro atoms. The van der Waals surface area contributed by atoms with Gasteiger partial charge in [0.1, 0.15) is 0 Å². The van der Waals surface area contributed by atoms with Gasteiger partial charge in [0.05, 0.1) is 6.54 Å². The molecule has 2 unspecified atom stereocenters. The van der Waals surface area contributed by atoms with Gasteiger partial charge in [0.15, 0.2) is 5.82 Å². The van der Waals surface area contributed by atoms with Gasteiger partial charge in [-0.2, -0.15) is 4.98 Å². The Bertz CT molecular complexity index is 447. The standard InChI is InChI=1S/C13H20N4O2/c1-8-15-12(17-19-8)7-14-13(18)6-9-4-10-2-3-11(5-9)16-10/h9-11,16H,2-7H2,1H3,(H,14,18). The summed E-state index contributed by atoms with van der Waals surface area (Å²) in [5.74, 6) is 1.68. The first-order valence-electron chi connectivity index (χ1n) is 7.01. The van der Waals surface area contributed by atoms with Crippen LogP contribution in [0, 0.1) is 12.8 Å². The molecule has 2 fully saturated rings. The number of amides is 1. The minimum Gasteiger partial charge on any atom is -0.349 e. The van der Waals surface area contributed by atoms with Gasteiger partial charge in [-0.15, -0.1) is 0 Å². The average Bonchev–Trinajstić information content (AvgIpc) is 2.93. The average molecular weight is 264 g/mol. The number of nitrogens with one attached hydrogen (secondary N) is 2. The van der Waals surface area contributed by atoms with Crippen LogP contribution in [0.5, 0.6) is 0 Å². The fourth-order valence-electron chi connectivity index (χ4n) is 3.27. The molecule has 19 heavy (non-hydrogen) atoms. The summed E-state index contributed by atoms with van der Waals surface area (Å²) in [7, 11) is 0. The highest BCUT2D eigenvalue weighted by Gasteiger charge is 2.34. The molecule has 1 amide bonds. The van der Waals surface area contributed by atoms with Crippen LogP contribution in [0.4, 0.5) is 0 Å². The molecule has 2 N–H and O–H groups in total. The first-order valence-corrected chi connectivity index (χ1v) is 7.01. The molecule has 3 rings (SSSR count). The molecular weight excluding hydrogens is 244 g/mol. The molecule has 0 aromatic carbocycles. The zero-order valence-corrected chi connectivity index (χ0v) is 11.2. The van der Waals surface area contributed by atoms with Gasteiger partial charge >= 0.3 is 0 Å². The Kier molecular flexibility index (Phi) is 3.50. The zero-order chi connectivity index (χ0) is 13.2. The van der Waals surface area contributed by atoms with Gasteiger partial charge < -0.3 is 15.2 Å². The minimum atomic E-state index is 0.0914. The third-order valence-corrected chi connectivity index (χ3v) is 4.06. The Hall–Kier alpha value is -1.43. The van der Waals surface area contributed by atoms with E-state index in [1.165, 1.54) is 12.8 Å². The first kappa shape index (κ1) is 12.6. The van der Waals surface area contributed by atoms with Crippen LogP contribution in [0.25, 0.3) is 0 Å². The fourth-order valence-corrected chi connectivity index (χ4v) is 3.27. The topological polar surface area (TPSA) is 80.0 Å². The van der Waals surface area contributed by atoms with E-state index in [4.69, 9.17) is 4.52 Å². The Morgan fingerprint density at radius 2 is 2.16 bits per heavy atom. The summed E-state index contributed by atoms with van der Waals surface area (Å²) in [6.07, 6.45) is 5.41. The number of nitrogens with zero attached hydrogens (tertiary/aromatic N) is 2. The molecule has 2 saturated heterocycles. The van der Waals surface area contributed by atoms with Crippen LogP contribution < -0.4 is 10.6 Å². The maximum Gasteiger partial charge on any atom is 0.223 e. The second-order valence-electron chi connectivity index (χ2n) is 5.69. The lowest BCUT2D eigenvalue weighted by molar-refractivity contribution is -0.122. The number of aryl methyl sites for hydroxylation is 1. The van der Waals surface area contributed by atoms with Crippen molar-refractivity contribution in [2.24, 2.45) is 5.92 Å². The molecule has 104 valence electrons. The highest BCUT2D eigenvalue weighted by atomic mass is 16.5. The zero-order valence-electron chi connectivity index (χ0n) is 11.2. The Balaban J connectivity index is 1.44. The maximum atomic E-state index is 11.9. The van der Waals surface area contributed by atoms with Gasteiger partial charge in [-0.3, -0.25) is 4.79 Å². The number of hydrogen-bond donors (Lipinski definition) is 2. The van der Waals surface area contributed by atoms with Gasteiger partial charge in [-0.1, -0.05) is 5.16 Å². The van der Waals surface area contributed by atoms with Gasteiger partial charge in [0.25, 0.3) is 0 Å². The molecule has 1 aromatic rings. The monoisotopic (exact) mass is 264 g/mol. The van der Waals surface area contributed by atoms with E-state index in [9.17, 15) is 4.79 Å². The molecule has 1 aromatic heterocycles. The lowest BCUT2D eigenvalue weighted by Gasteiger charge is -2.28. The minimum absolute atomic E-state index is 0.0914. The van der Waals surface area contributed by atoms with Crippen LogP contribution in [-0.4, -0.2) is 28.1 Å². The van der Waals surface area contributed by atoms with Crippen molar-refractivity contribution in [3.63, 3.8) is 0 Å². The van der Waals surface area contributed by atoms with E-state index in [2.05, 4.69) is 20.8 Å². The largest absolute Gasteiger partial charge is 0.349 e. The predicted molar refractivity (Wildman–Crippen MR) is 68.2 cm³/mol. The molecule has 0 saturated carbocycles. The van der Waals surface area contributed by atoms with Gasteiger partial charge in [-0.05, 0) is 31.6 Å². The SMILES string of the molecule is Cc1nc(CNC(=O)CC2CC3CCC(C2)N3)no1. The second kappa shape index (κ2) is 5.28. The molecule has 6 heteroatoms. The normalized spacial score (nSPS) is 29.4. The number of carbonyl (C=O) groups is 1. The van der Waals surface area contributed by atoms with Crippen molar-refractivity contribution in [3.05, 3.63) is 11.7 Å². The van der Waals surface area contributed by atoms with Crippen molar-refractivity contribution in [2.75, 3.05) is 0 Å². The number of hydrogen-bond acceptors (Lipinski definition) is 5. The van der Waals surface area contributed by atoms with Crippen LogP contribution >= 0.6 is 0 Å². The predicted octanol–water partition coefficient (Wildman–Crippen LogP) is 0.915. The quantitative estimate of drug-likeness (QED) is 0.845. The van der Waals surface area contributed by atoms with Crippen LogP contribution in [0.2, 0.25) is 0 Å². The fraction of sp³-hybridized carbons (Fsp3) is 0.769. The van der Waals surface area contributed by atoms with E-state index in [-0.39, 0.29) is 5.91 Å². The Labute approximate surface area is 112 Å². The number of fused-ring (bicyclic) bond motifs is 2. The molecule has 2 aliphatic rings. The lowest BCUT2D eigenvalue weighted by atomic mass is 9.89. The molecule has 6 nitrogen and oxygen atoms in total. The van der Waals surface area contributed by atoms with Crippen molar-refractivity contribution >= 4 is 5.91 Å². The van der Waals surface area contributed by atoms with E-state index >= 15 is 0 Å². The smallest absolute Gasteiger partial charge is 0.223 e. The molecule has 2 bridgehead atoms. The molecule has 2 aliphatic heterocycles. The number of carbonyl (C=O) groups excluding carboxylic acids is 1. The second-order valence-corrected chi connectivity index (χ2v) is 5.69. The molecule has 2 atom stereocenters. The summed E-state index contributed by atoms with van der Waals surface area (Å²) in [6.45, 7) is 2.09. The van der Waals surface area contributed by atoms with Gasteiger partial charge in [-0.25, -0.2) is 0 Å². The van der Waals surface area contributed by atoms with Gasteiger partial charge in [0, 0.05) is 25.4 Å². The highest BCUT2D eigenvalue weighted by molar-refractivity contribution is 5.76. The summed E-state index contributed by atoms with van der Waals surface area (Å²) >= 11 is 0. The Morgan fingerprint density at radius 3 is 2.79 bits per heavy atom. The maximum absolute atomic E-state index is 11.9. The van der Waals surface area contributed by atoms with E-state index in [1.807, 2.05) is 0 Å². The third-order valence-electron chi connectivity index (χ3n) is 4.06. The molecule has 0 radical (unpaired) electrons. The summed E-state index contributed by atoms with van der Waals surface area (Å²) < 4.78 is 4.86. The molecule has 3 heterocycles. The molecule has 0 aliphatic carbocycles. The van der Waals surface area contributed by atoms with Crippen LogP contribution in [0.15, 0.2) is 4.52 Å². The first-order chi connectivity index (χ1) is 9.19. The highest BCUT2D eigenvalue weighted by Crippen LogP contribution is 2.32. The number of piperidine rings is 1. The van der Waals surface area contributed by atoms with Crippen molar-refractivity contribution in [1.82, 2.24) is 20.8 Å². The van der Waals surface area contributed by atoms with Gasteiger partial charge in [0.2, 0.25) is 11.8 Å². The van der Waals surface area contributed by atoms with Crippen molar-refractivity contribution in [2.45, 2.75) is 57.7 Å². The van der Waals surface area contributed by atoms with E-state index in [1.54, 1.807) is 6.92 Å². The van der Waals surface area contributed by atoms with Crippen molar-refractivity contribution in [1.29, 1.82) is 0 Å². The lowest BCUT2D eigenvalue weighted by Crippen LogP contribution is -2.39. The summed E-state index contributed by atoms with van der Waals surface area (Å²) in [4.78, 5) is 16.0.